The number of nitrogens with zero attached hydrogens (tertiary/aromatic N) is 3. The summed E-state index contributed by atoms with van der Waals surface area (Å²) in [6, 6.07) is 10.1. The second-order valence-corrected chi connectivity index (χ2v) is 4.20. The summed E-state index contributed by atoms with van der Waals surface area (Å²) in [6.45, 7) is 2.86. The van der Waals surface area contributed by atoms with E-state index in [0.717, 1.165) is 34.5 Å². The van der Waals surface area contributed by atoms with Crippen molar-refractivity contribution in [1.29, 1.82) is 0 Å². The number of hydrogen-bond donors (Lipinski definition) is 1. The van der Waals surface area contributed by atoms with Gasteiger partial charge in [-0.15, -0.1) is 0 Å². The molecule has 1 aromatic carbocycles. The number of nitrogens with one attached hydrogen (secondary N) is 1. The number of hydrogen-bond acceptors (Lipinski definition) is 4. The summed E-state index contributed by atoms with van der Waals surface area (Å²) in [5, 5.41) is 4.28. The predicted molar refractivity (Wildman–Crippen MR) is 76.9 cm³/mol. The topological polar surface area (TPSA) is 50.7 Å². The lowest BCUT2D eigenvalue weighted by molar-refractivity contribution is 1.12. The van der Waals surface area contributed by atoms with Gasteiger partial charge in [0.25, 0.3) is 0 Å². The van der Waals surface area contributed by atoms with Crippen LogP contribution >= 0.6 is 0 Å². The maximum Gasteiger partial charge on any atom is 0.145 e. The van der Waals surface area contributed by atoms with E-state index in [1.807, 2.05) is 37.3 Å². The Balaban J connectivity index is 2.16. The van der Waals surface area contributed by atoms with Gasteiger partial charge >= 0.3 is 0 Å². The Labute approximate surface area is 111 Å². The molecule has 0 unspecified atom stereocenters. The van der Waals surface area contributed by atoms with Crippen molar-refractivity contribution >= 4 is 16.7 Å². The van der Waals surface area contributed by atoms with Gasteiger partial charge in [0.2, 0.25) is 0 Å². The highest BCUT2D eigenvalue weighted by Crippen LogP contribution is 2.25. The normalized spacial score (nSPS) is 10.6. The van der Waals surface area contributed by atoms with Gasteiger partial charge in [-0.1, -0.05) is 24.3 Å². The Morgan fingerprint density at radius 1 is 1.11 bits per heavy atom. The third-order valence-electron chi connectivity index (χ3n) is 2.90. The number of pyridine rings is 1. The smallest absolute Gasteiger partial charge is 0.145 e. The monoisotopic (exact) mass is 250 g/mol. The fraction of sp³-hybridized carbons (Fsp3) is 0.133. The fourth-order valence-electron chi connectivity index (χ4n) is 2.07. The van der Waals surface area contributed by atoms with Gasteiger partial charge < -0.3 is 5.32 Å². The molecule has 0 atom stereocenters. The van der Waals surface area contributed by atoms with Crippen molar-refractivity contribution in [3.8, 4) is 11.3 Å². The second-order valence-electron chi connectivity index (χ2n) is 4.20. The molecule has 2 heterocycles. The Morgan fingerprint density at radius 3 is 2.89 bits per heavy atom. The highest BCUT2D eigenvalue weighted by atomic mass is 15.0. The van der Waals surface area contributed by atoms with Gasteiger partial charge in [-0.3, -0.25) is 9.97 Å². The van der Waals surface area contributed by atoms with Gasteiger partial charge in [0.1, 0.15) is 5.82 Å². The fourth-order valence-corrected chi connectivity index (χ4v) is 2.07. The van der Waals surface area contributed by atoms with E-state index >= 15 is 0 Å². The number of fused-ring (bicyclic) bond motifs is 1. The zero-order valence-electron chi connectivity index (χ0n) is 10.7. The summed E-state index contributed by atoms with van der Waals surface area (Å²) in [7, 11) is 0. The highest BCUT2D eigenvalue weighted by Gasteiger charge is 2.06. The van der Waals surface area contributed by atoms with E-state index < -0.39 is 0 Å². The molecule has 0 fully saturated rings. The molecule has 94 valence electrons. The second kappa shape index (κ2) is 5.02. The van der Waals surface area contributed by atoms with E-state index in [1.165, 1.54) is 0 Å². The molecular formula is C15H14N4. The minimum Gasteiger partial charge on any atom is -0.369 e. The number of para-hydroxylation sites is 1. The van der Waals surface area contributed by atoms with Crippen LogP contribution < -0.4 is 5.32 Å². The first-order chi connectivity index (χ1) is 9.38. The van der Waals surface area contributed by atoms with E-state index in [1.54, 1.807) is 18.6 Å². The molecule has 0 aliphatic rings. The van der Waals surface area contributed by atoms with Crippen molar-refractivity contribution in [2.45, 2.75) is 6.92 Å². The van der Waals surface area contributed by atoms with Crippen LogP contribution in [0.2, 0.25) is 0 Å². The van der Waals surface area contributed by atoms with Gasteiger partial charge in [0, 0.05) is 23.7 Å². The van der Waals surface area contributed by atoms with E-state index in [0.29, 0.717) is 0 Å². The van der Waals surface area contributed by atoms with Gasteiger partial charge in [-0.05, 0) is 13.0 Å². The molecule has 19 heavy (non-hydrogen) atoms. The van der Waals surface area contributed by atoms with Crippen molar-refractivity contribution < 1.29 is 0 Å². The Bertz CT molecular complexity index is 704. The van der Waals surface area contributed by atoms with E-state index in [4.69, 9.17) is 0 Å². The van der Waals surface area contributed by atoms with E-state index in [9.17, 15) is 0 Å². The minimum absolute atomic E-state index is 0.785. The van der Waals surface area contributed by atoms with Crippen LogP contribution in [0.25, 0.3) is 22.2 Å². The lowest BCUT2D eigenvalue weighted by atomic mass is 10.1. The van der Waals surface area contributed by atoms with Crippen LogP contribution in [0.1, 0.15) is 6.92 Å². The first-order valence-corrected chi connectivity index (χ1v) is 6.28. The molecule has 0 bridgehead atoms. The van der Waals surface area contributed by atoms with E-state index in [2.05, 4.69) is 20.3 Å². The summed E-state index contributed by atoms with van der Waals surface area (Å²) in [6.07, 6.45) is 5.29. The summed E-state index contributed by atoms with van der Waals surface area (Å²) in [4.78, 5) is 13.2. The average molecular weight is 250 g/mol. The minimum atomic E-state index is 0.785. The molecule has 0 radical (unpaired) electrons. The van der Waals surface area contributed by atoms with Gasteiger partial charge in [-0.2, -0.15) is 0 Å². The van der Waals surface area contributed by atoms with Crippen molar-refractivity contribution in [1.82, 2.24) is 15.0 Å². The molecular weight excluding hydrogens is 236 g/mol. The van der Waals surface area contributed by atoms with Gasteiger partial charge in [-0.25, -0.2) is 4.98 Å². The number of aromatic nitrogens is 3. The summed E-state index contributed by atoms with van der Waals surface area (Å²) >= 11 is 0. The van der Waals surface area contributed by atoms with Crippen molar-refractivity contribution in [3.05, 3.63) is 48.9 Å². The Morgan fingerprint density at radius 2 is 2.00 bits per heavy atom. The van der Waals surface area contributed by atoms with Crippen LogP contribution in [0.4, 0.5) is 5.82 Å². The maximum atomic E-state index is 4.57. The molecule has 4 nitrogen and oxygen atoms in total. The third kappa shape index (κ3) is 2.25. The average Bonchev–Trinajstić information content (AvgIpc) is 2.47. The van der Waals surface area contributed by atoms with Crippen molar-refractivity contribution in [2.75, 3.05) is 11.9 Å². The molecule has 4 heteroatoms. The molecule has 3 aromatic rings. The van der Waals surface area contributed by atoms with Crippen LogP contribution in [0.3, 0.4) is 0 Å². The van der Waals surface area contributed by atoms with Crippen molar-refractivity contribution in [3.63, 3.8) is 0 Å². The van der Waals surface area contributed by atoms with Crippen LogP contribution in [0.5, 0.6) is 0 Å². The molecule has 0 aliphatic carbocycles. The Kier molecular flexibility index (Phi) is 3.06. The molecule has 0 spiro atoms. The van der Waals surface area contributed by atoms with Crippen LogP contribution in [-0.2, 0) is 0 Å². The SMILES string of the molecule is CCNc1cncc(-c2cccc3cccnc23)n1. The largest absolute Gasteiger partial charge is 0.369 e. The molecule has 1 N–H and O–H groups in total. The standard InChI is InChI=1S/C15H14N4/c1-2-17-14-10-16-9-13(19-14)12-7-3-5-11-6-4-8-18-15(11)12/h3-10H,2H2,1H3,(H,17,19). The molecule has 0 aliphatic heterocycles. The molecule has 0 amide bonds. The summed E-state index contributed by atoms with van der Waals surface area (Å²) in [5.41, 5.74) is 2.79. The zero-order chi connectivity index (χ0) is 13.1. The van der Waals surface area contributed by atoms with Crippen LogP contribution in [-0.4, -0.2) is 21.5 Å². The quantitative estimate of drug-likeness (QED) is 0.776. The first-order valence-electron chi connectivity index (χ1n) is 6.28. The van der Waals surface area contributed by atoms with E-state index in [-0.39, 0.29) is 0 Å². The lowest BCUT2D eigenvalue weighted by Crippen LogP contribution is -2.00. The maximum absolute atomic E-state index is 4.57. The summed E-state index contributed by atoms with van der Waals surface area (Å²) in [5.74, 6) is 0.785. The Hall–Kier alpha value is -2.49. The molecule has 3 rings (SSSR count). The van der Waals surface area contributed by atoms with Gasteiger partial charge in [0.15, 0.2) is 0 Å². The van der Waals surface area contributed by atoms with Crippen LogP contribution in [0.15, 0.2) is 48.9 Å². The third-order valence-corrected chi connectivity index (χ3v) is 2.90. The van der Waals surface area contributed by atoms with Crippen LogP contribution in [0, 0.1) is 0 Å². The molecule has 0 saturated heterocycles. The number of rotatable bonds is 3. The van der Waals surface area contributed by atoms with Gasteiger partial charge in [0.05, 0.1) is 23.6 Å². The predicted octanol–water partition coefficient (Wildman–Crippen LogP) is 3.12. The first kappa shape index (κ1) is 11.6. The summed E-state index contributed by atoms with van der Waals surface area (Å²) < 4.78 is 0. The zero-order valence-corrected chi connectivity index (χ0v) is 10.7. The lowest BCUT2D eigenvalue weighted by Gasteiger charge is -2.07. The molecule has 0 saturated carbocycles. The number of anilines is 1. The molecule has 2 aromatic heterocycles. The highest BCUT2D eigenvalue weighted by molar-refractivity contribution is 5.92. The van der Waals surface area contributed by atoms with Crippen molar-refractivity contribution in [2.24, 2.45) is 0 Å². The number of benzene rings is 1.